The molecule has 3 aromatic rings. The van der Waals surface area contributed by atoms with Crippen LogP contribution in [0.2, 0.25) is 10.0 Å². The van der Waals surface area contributed by atoms with Crippen LogP contribution < -0.4 is 10.1 Å². The fourth-order valence-corrected chi connectivity index (χ4v) is 3.40. The lowest BCUT2D eigenvalue weighted by atomic mass is 10.2. The molecule has 0 aliphatic heterocycles. The number of hydrogen-bond donors (Lipinski definition) is 1. The first-order valence-corrected chi connectivity index (χ1v) is 9.89. The van der Waals surface area contributed by atoms with E-state index in [1.807, 2.05) is 47.8 Å². The van der Waals surface area contributed by atoms with Crippen LogP contribution in [0.3, 0.4) is 0 Å². The molecule has 0 fully saturated rings. The van der Waals surface area contributed by atoms with Gasteiger partial charge in [-0.2, -0.15) is 0 Å². The van der Waals surface area contributed by atoms with E-state index in [0.29, 0.717) is 23.2 Å². The molecule has 6 heteroatoms. The molecule has 138 valence electrons. The minimum Gasteiger partial charge on any atom is -0.489 e. The van der Waals surface area contributed by atoms with E-state index in [9.17, 15) is 4.79 Å². The van der Waals surface area contributed by atoms with Gasteiger partial charge in [-0.15, -0.1) is 11.3 Å². The van der Waals surface area contributed by atoms with Crippen LogP contribution in [0, 0.1) is 0 Å². The van der Waals surface area contributed by atoms with Gasteiger partial charge in [0.2, 0.25) is 5.91 Å². The Morgan fingerprint density at radius 1 is 1.11 bits per heavy atom. The second kappa shape index (κ2) is 9.60. The number of ether oxygens (including phenoxy) is 1. The standard InChI is InChI=1S/C21H17Cl2NO2S/c22-17-7-6-16(20(23)12-17)14-26-18-8-3-15(4-9-18)5-10-21(25)24-13-19-2-1-11-27-19/h1-12H,13-14H2,(H,24,25)/b10-5+. The summed E-state index contributed by atoms with van der Waals surface area (Å²) in [5.41, 5.74) is 1.78. The lowest BCUT2D eigenvalue weighted by molar-refractivity contribution is -0.116. The molecule has 3 rings (SSSR count). The number of rotatable bonds is 7. The summed E-state index contributed by atoms with van der Waals surface area (Å²) < 4.78 is 5.74. The molecule has 0 saturated heterocycles. The van der Waals surface area contributed by atoms with Gasteiger partial charge in [-0.1, -0.05) is 47.5 Å². The molecule has 1 heterocycles. The molecule has 1 N–H and O–H groups in total. The number of nitrogens with one attached hydrogen (secondary N) is 1. The Labute approximate surface area is 172 Å². The quantitative estimate of drug-likeness (QED) is 0.481. The molecule has 0 bridgehead atoms. The van der Waals surface area contributed by atoms with E-state index in [-0.39, 0.29) is 5.91 Å². The van der Waals surface area contributed by atoms with Crippen molar-refractivity contribution in [1.82, 2.24) is 5.32 Å². The Morgan fingerprint density at radius 3 is 2.63 bits per heavy atom. The van der Waals surface area contributed by atoms with Gasteiger partial charge in [0.15, 0.2) is 0 Å². The Morgan fingerprint density at radius 2 is 1.93 bits per heavy atom. The third kappa shape index (κ3) is 6.14. The van der Waals surface area contributed by atoms with Crippen LogP contribution in [0.1, 0.15) is 16.0 Å². The van der Waals surface area contributed by atoms with E-state index < -0.39 is 0 Å². The number of amides is 1. The van der Waals surface area contributed by atoms with Crippen molar-refractivity contribution in [2.24, 2.45) is 0 Å². The first-order valence-electron chi connectivity index (χ1n) is 8.25. The molecule has 0 aliphatic carbocycles. The zero-order chi connectivity index (χ0) is 19.1. The third-order valence-electron chi connectivity index (χ3n) is 3.73. The second-order valence-corrected chi connectivity index (χ2v) is 7.60. The lowest BCUT2D eigenvalue weighted by Crippen LogP contribution is -2.19. The SMILES string of the molecule is O=C(/C=C/c1ccc(OCc2ccc(Cl)cc2Cl)cc1)NCc1cccs1. The monoisotopic (exact) mass is 417 g/mol. The normalized spacial score (nSPS) is 10.9. The summed E-state index contributed by atoms with van der Waals surface area (Å²) in [5.74, 6) is 0.599. The average molecular weight is 418 g/mol. The van der Waals surface area contributed by atoms with Crippen LogP contribution in [0.4, 0.5) is 0 Å². The van der Waals surface area contributed by atoms with Gasteiger partial charge in [0.1, 0.15) is 12.4 Å². The van der Waals surface area contributed by atoms with E-state index in [1.165, 1.54) is 6.08 Å². The third-order valence-corrected chi connectivity index (χ3v) is 5.20. The van der Waals surface area contributed by atoms with Crippen molar-refractivity contribution in [3.05, 3.63) is 92.1 Å². The molecule has 0 aliphatic rings. The molecular formula is C21H17Cl2NO2S. The molecule has 0 saturated carbocycles. The summed E-state index contributed by atoms with van der Waals surface area (Å²) in [6.45, 7) is 0.900. The Hall–Kier alpha value is -2.27. The second-order valence-electron chi connectivity index (χ2n) is 5.72. The minimum absolute atomic E-state index is 0.124. The highest BCUT2D eigenvalue weighted by atomic mass is 35.5. The van der Waals surface area contributed by atoms with Gasteiger partial charge in [0, 0.05) is 26.6 Å². The van der Waals surface area contributed by atoms with Gasteiger partial charge in [-0.3, -0.25) is 4.79 Å². The topological polar surface area (TPSA) is 38.3 Å². The molecular weight excluding hydrogens is 401 g/mol. The summed E-state index contributed by atoms with van der Waals surface area (Å²) in [6, 6.07) is 16.8. The number of halogens is 2. The lowest BCUT2D eigenvalue weighted by Gasteiger charge is -2.08. The van der Waals surface area contributed by atoms with Crippen LogP contribution in [-0.4, -0.2) is 5.91 Å². The van der Waals surface area contributed by atoms with Crippen molar-refractivity contribution in [3.63, 3.8) is 0 Å². The highest BCUT2D eigenvalue weighted by Gasteiger charge is 2.03. The first-order chi connectivity index (χ1) is 13.1. The summed E-state index contributed by atoms with van der Waals surface area (Å²) in [4.78, 5) is 13.0. The average Bonchev–Trinajstić information content (AvgIpc) is 3.18. The zero-order valence-electron chi connectivity index (χ0n) is 14.3. The van der Waals surface area contributed by atoms with E-state index >= 15 is 0 Å². The number of thiophene rings is 1. The van der Waals surface area contributed by atoms with E-state index in [1.54, 1.807) is 29.5 Å². The predicted octanol–water partition coefficient (Wildman–Crippen LogP) is 5.96. The summed E-state index contributed by atoms with van der Waals surface area (Å²) in [6.07, 6.45) is 3.29. The molecule has 1 amide bonds. The highest BCUT2D eigenvalue weighted by Crippen LogP contribution is 2.23. The predicted molar refractivity (Wildman–Crippen MR) is 112 cm³/mol. The van der Waals surface area contributed by atoms with Crippen LogP contribution in [0.5, 0.6) is 5.75 Å². The fraction of sp³-hybridized carbons (Fsp3) is 0.0952. The number of carbonyl (C=O) groups excluding carboxylic acids is 1. The van der Waals surface area contributed by atoms with Crippen molar-refractivity contribution in [2.45, 2.75) is 13.2 Å². The van der Waals surface area contributed by atoms with E-state index in [2.05, 4.69) is 5.32 Å². The highest BCUT2D eigenvalue weighted by molar-refractivity contribution is 7.09. The van der Waals surface area contributed by atoms with E-state index in [0.717, 1.165) is 21.8 Å². The Balaban J connectivity index is 1.49. The van der Waals surface area contributed by atoms with Crippen molar-refractivity contribution in [2.75, 3.05) is 0 Å². The van der Waals surface area contributed by atoms with Gasteiger partial charge in [0.25, 0.3) is 0 Å². The molecule has 3 nitrogen and oxygen atoms in total. The number of carbonyl (C=O) groups is 1. The summed E-state index contributed by atoms with van der Waals surface area (Å²) >= 11 is 13.6. The van der Waals surface area contributed by atoms with Crippen LogP contribution in [0.25, 0.3) is 6.08 Å². The van der Waals surface area contributed by atoms with Crippen molar-refractivity contribution in [3.8, 4) is 5.75 Å². The molecule has 0 unspecified atom stereocenters. The molecule has 1 aromatic heterocycles. The molecule has 0 radical (unpaired) electrons. The maximum atomic E-state index is 11.9. The maximum absolute atomic E-state index is 11.9. The van der Waals surface area contributed by atoms with Gasteiger partial charge in [-0.05, 0) is 47.4 Å². The van der Waals surface area contributed by atoms with E-state index in [4.69, 9.17) is 27.9 Å². The van der Waals surface area contributed by atoms with Crippen LogP contribution >= 0.6 is 34.5 Å². The van der Waals surface area contributed by atoms with Gasteiger partial charge in [-0.25, -0.2) is 0 Å². The van der Waals surface area contributed by atoms with Crippen LogP contribution in [0.15, 0.2) is 66.1 Å². The smallest absolute Gasteiger partial charge is 0.244 e. The Bertz CT molecular complexity index is 922. The fourth-order valence-electron chi connectivity index (χ4n) is 2.29. The summed E-state index contributed by atoms with van der Waals surface area (Å²) in [7, 11) is 0. The van der Waals surface area contributed by atoms with Crippen molar-refractivity contribution in [1.29, 1.82) is 0 Å². The van der Waals surface area contributed by atoms with Gasteiger partial charge >= 0.3 is 0 Å². The van der Waals surface area contributed by atoms with Gasteiger partial charge < -0.3 is 10.1 Å². The van der Waals surface area contributed by atoms with Crippen LogP contribution in [-0.2, 0) is 17.9 Å². The molecule has 0 atom stereocenters. The number of benzene rings is 2. The molecule has 2 aromatic carbocycles. The first kappa shape index (κ1) is 19.5. The summed E-state index contributed by atoms with van der Waals surface area (Å²) in [5, 5.41) is 6.02. The van der Waals surface area contributed by atoms with Crippen molar-refractivity contribution >= 4 is 46.5 Å². The molecule has 27 heavy (non-hydrogen) atoms. The Kier molecular flexibility index (Phi) is 6.93. The maximum Gasteiger partial charge on any atom is 0.244 e. The molecule has 0 spiro atoms. The van der Waals surface area contributed by atoms with Crippen molar-refractivity contribution < 1.29 is 9.53 Å². The minimum atomic E-state index is -0.124. The zero-order valence-corrected chi connectivity index (χ0v) is 16.7. The number of hydrogen-bond acceptors (Lipinski definition) is 3. The largest absolute Gasteiger partial charge is 0.489 e. The van der Waals surface area contributed by atoms with Gasteiger partial charge in [0.05, 0.1) is 6.54 Å².